The van der Waals surface area contributed by atoms with E-state index in [-0.39, 0.29) is 34.7 Å². The topological polar surface area (TPSA) is 49.6 Å². The maximum atomic E-state index is 13.5. The highest BCUT2D eigenvalue weighted by molar-refractivity contribution is 7.17. The Hall–Kier alpha value is -1.79. The number of hydrogen-bond donors (Lipinski definition) is 1. The summed E-state index contributed by atoms with van der Waals surface area (Å²) in [5.74, 6) is -0.351. The highest BCUT2D eigenvalue weighted by atomic mass is 35.5. The van der Waals surface area contributed by atoms with Crippen molar-refractivity contribution in [2.24, 2.45) is 5.92 Å². The molecule has 1 aliphatic carbocycles. The largest absolute Gasteiger partial charge is 0.427 e. The molecule has 2 aromatic rings. The lowest BCUT2D eigenvalue weighted by atomic mass is 10.2. The molecule has 158 valence electrons. The average molecular weight is 459 g/mol. The SMILES string of the molecule is CC1CC1c1c(C(F)(F)F)sc2nc(CN3C=CC(Cl)(C(F)(F)F)N3)cc(=O)n12. The number of fused-ring (bicyclic) bond motifs is 1. The van der Waals surface area contributed by atoms with E-state index in [0.717, 1.165) is 21.7 Å². The van der Waals surface area contributed by atoms with Gasteiger partial charge in [0, 0.05) is 18.2 Å². The van der Waals surface area contributed by atoms with Gasteiger partial charge in [-0.2, -0.15) is 26.3 Å². The number of hydrazine groups is 1. The molecule has 1 N–H and O–H groups in total. The van der Waals surface area contributed by atoms with E-state index >= 15 is 0 Å². The Labute approximate surface area is 168 Å². The van der Waals surface area contributed by atoms with Crippen molar-refractivity contribution in [3.63, 3.8) is 0 Å². The molecule has 3 atom stereocenters. The molecule has 0 saturated heterocycles. The van der Waals surface area contributed by atoms with Gasteiger partial charge in [0.2, 0.25) is 5.00 Å². The number of nitrogens with zero attached hydrogens (tertiary/aromatic N) is 3. The molecule has 0 bridgehead atoms. The molecule has 4 rings (SSSR count). The summed E-state index contributed by atoms with van der Waals surface area (Å²) in [7, 11) is 0. The van der Waals surface area contributed by atoms with Crippen molar-refractivity contribution in [1.82, 2.24) is 19.8 Å². The summed E-state index contributed by atoms with van der Waals surface area (Å²) < 4.78 is 80.3. The van der Waals surface area contributed by atoms with Gasteiger partial charge in [0.25, 0.3) is 5.56 Å². The monoisotopic (exact) mass is 458 g/mol. The summed E-state index contributed by atoms with van der Waals surface area (Å²) in [5.41, 5.74) is 1.25. The molecule has 0 spiro atoms. The fourth-order valence-corrected chi connectivity index (χ4v) is 4.52. The van der Waals surface area contributed by atoms with Gasteiger partial charge in [-0.15, -0.1) is 0 Å². The summed E-state index contributed by atoms with van der Waals surface area (Å²) >= 11 is 5.85. The lowest BCUT2D eigenvalue weighted by Crippen LogP contribution is -2.52. The van der Waals surface area contributed by atoms with Crippen LogP contribution in [0.25, 0.3) is 4.96 Å². The zero-order chi connectivity index (χ0) is 21.4. The van der Waals surface area contributed by atoms with Crippen LogP contribution in [0.3, 0.4) is 0 Å². The van der Waals surface area contributed by atoms with Crippen LogP contribution in [0.2, 0.25) is 0 Å². The lowest BCUT2D eigenvalue weighted by molar-refractivity contribution is -0.163. The maximum absolute atomic E-state index is 13.5. The van der Waals surface area contributed by atoms with Crippen LogP contribution >= 0.6 is 22.9 Å². The number of thiazole rings is 1. The van der Waals surface area contributed by atoms with Gasteiger partial charge in [-0.3, -0.25) is 9.20 Å². The second-order valence-corrected chi connectivity index (χ2v) is 8.68. The minimum absolute atomic E-state index is 0.0145. The fourth-order valence-electron chi connectivity index (χ4n) is 3.26. The number of hydrogen-bond acceptors (Lipinski definition) is 5. The van der Waals surface area contributed by atoms with Crippen molar-refractivity contribution in [1.29, 1.82) is 0 Å². The van der Waals surface area contributed by atoms with Crippen molar-refractivity contribution in [2.75, 3.05) is 0 Å². The smallest absolute Gasteiger partial charge is 0.308 e. The predicted molar refractivity (Wildman–Crippen MR) is 93.3 cm³/mol. The third kappa shape index (κ3) is 3.50. The minimum Gasteiger partial charge on any atom is -0.308 e. The average Bonchev–Trinajstić information content (AvgIpc) is 2.98. The van der Waals surface area contributed by atoms with E-state index in [2.05, 4.69) is 4.98 Å². The van der Waals surface area contributed by atoms with Crippen LogP contribution in [0.1, 0.15) is 35.5 Å². The van der Waals surface area contributed by atoms with E-state index in [9.17, 15) is 31.1 Å². The van der Waals surface area contributed by atoms with Crippen molar-refractivity contribution in [3.8, 4) is 0 Å². The third-order valence-corrected chi connectivity index (χ3v) is 6.39. The van der Waals surface area contributed by atoms with Gasteiger partial charge >= 0.3 is 12.4 Å². The molecular formula is C16H13ClF6N4OS. The molecule has 0 aromatic carbocycles. The van der Waals surface area contributed by atoms with Gasteiger partial charge in [0.15, 0.2) is 4.96 Å². The van der Waals surface area contributed by atoms with Gasteiger partial charge in [0.05, 0.1) is 17.9 Å². The maximum Gasteiger partial charge on any atom is 0.427 e. The molecule has 29 heavy (non-hydrogen) atoms. The molecule has 13 heteroatoms. The molecule has 2 aromatic heterocycles. The fraction of sp³-hybridized carbons (Fsp3) is 0.500. The Bertz CT molecular complexity index is 1060. The second-order valence-electron chi connectivity index (χ2n) is 7.10. The molecule has 1 aliphatic heterocycles. The summed E-state index contributed by atoms with van der Waals surface area (Å²) in [4.78, 5) is 12.8. The van der Waals surface area contributed by atoms with Crippen molar-refractivity contribution >= 4 is 27.9 Å². The number of aromatic nitrogens is 2. The normalized spacial score (nSPS) is 27.2. The lowest BCUT2D eigenvalue weighted by Gasteiger charge is -2.27. The van der Waals surface area contributed by atoms with Gasteiger partial charge in [-0.05, 0) is 18.4 Å². The van der Waals surface area contributed by atoms with Crippen LogP contribution in [0, 0.1) is 5.92 Å². The molecule has 5 nitrogen and oxygen atoms in total. The molecule has 3 heterocycles. The number of halogens is 7. The molecule has 3 unspecified atom stereocenters. The molecule has 2 aliphatic rings. The Morgan fingerprint density at radius 2 is 2.00 bits per heavy atom. The molecule has 0 amide bonds. The van der Waals surface area contributed by atoms with Crippen molar-refractivity contribution in [2.45, 2.75) is 43.2 Å². The van der Waals surface area contributed by atoms with Crippen molar-refractivity contribution in [3.05, 3.63) is 45.0 Å². The first-order chi connectivity index (χ1) is 13.3. The van der Waals surface area contributed by atoms with Crippen LogP contribution in [0.5, 0.6) is 0 Å². The summed E-state index contributed by atoms with van der Waals surface area (Å²) in [5, 5.41) is 0.973. The molecule has 1 fully saturated rings. The first kappa shape index (κ1) is 20.5. The zero-order valence-electron chi connectivity index (χ0n) is 14.6. The van der Waals surface area contributed by atoms with Crippen LogP contribution in [0.4, 0.5) is 26.3 Å². The first-order valence-corrected chi connectivity index (χ1v) is 9.61. The number of nitrogens with one attached hydrogen (secondary N) is 1. The van der Waals surface area contributed by atoms with E-state index < -0.39 is 27.8 Å². The summed E-state index contributed by atoms with van der Waals surface area (Å²) in [6.07, 6.45) is -7.13. The quantitative estimate of drug-likeness (QED) is 0.425. The Morgan fingerprint density at radius 1 is 1.34 bits per heavy atom. The predicted octanol–water partition coefficient (Wildman–Crippen LogP) is 4.23. The molecular weight excluding hydrogens is 446 g/mol. The zero-order valence-corrected chi connectivity index (χ0v) is 16.2. The van der Waals surface area contributed by atoms with Gasteiger partial charge in [-0.25, -0.2) is 10.4 Å². The highest BCUT2D eigenvalue weighted by Crippen LogP contribution is 2.52. The van der Waals surface area contributed by atoms with E-state index in [0.29, 0.717) is 23.8 Å². The highest BCUT2D eigenvalue weighted by Gasteiger charge is 2.55. The van der Waals surface area contributed by atoms with Crippen LogP contribution in [0.15, 0.2) is 23.1 Å². The van der Waals surface area contributed by atoms with Gasteiger partial charge in [0.1, 0.15) is 4.88 Å². The minimum atomic E-state index is -4.78. The Kier molecular flexibility index (Phi) is 4.49. The van der Waals surface area contributed by atoms with Crippen LogP contribution < -0.4 is 11.0 Å². The standard InChI is InChI=1S/C16H13ClF6N4OS/c1-7-4-9(7)11-12(15(18,19)20)29-13-24-8(5-10(28)27(11)13)6-26-3-2-14(17,25-26)16(21,22)23/h2-3,5,7,9,25H,4,6H2,1H3. The van der Waals surface area contributed by atoms with E-state index in [1.165, 1.54) is 0 Å². The van der Waals surface area contributed by atoms with Gasteiger partial charge < -0.3 is 5.01 Å². The number of rotatable bonds is 3. The van der Waals surface area contributed by atoms with E-state index in [1.54, 1.807) is 6.92 Å². The van der Waals surface area contributed by atoms with Crippen LogP contribution in [-0.2, 0) is 12.7 Å². The summed E-state index contributed by atoms with van der Waals surface area (Å²) in [6, 6.07) is 1.02. The molecule has 0 radical (unpaired) electrons. The van der Waals surface area contributed by atoms with Crippen molar-refractivity contribution < 1.29 is 26.3 Å². The van der Waals surface area contributed by atoms with Gasteiger partial charge in [-0.1, -0.05) is 29.9 Å². The van der Waals surface area contributed by atoms with E-state index in [1.807, 2.05) is 5.43 Å². The Morgan fingerprint density at radius 3 is 2.52 bits per heavy atom. The molecule has 1 saturated carbocycles. The summed E-state index contributed by atoms with van der Waals surface area (Å²) in [6.45, 7) is 1.51. The second kappa shape index (κ2) is 6.35. The van der Waals surface area contributed by atoms with E-state index in [4.69, 9.17) is 11.6 Å². The Balaban J connectivity index is 1.69. The third-order valence-electron chi connectivity index (χ3n) is 4.86. The van der Waals surface area contributed by atoms with Crippen LogP contribution in [-0.4, -0.2) is 25.6 Å². The first-order valence-electron chi connectivity index (χ1n) is 8.42. The number of alkyl halides is 7.